The van der Waals surface area contributed by atoms with Crippen LogP contribution in [0.3, 0.4) is 0 Å². The molecule has 0 spiro atoms. The Morgan fingerprint density at radius 3 is 2.50 bits per heavy atom. The van der Waals surface area contributed by atoms with Crippen LogP contribution in [0.1, 0.15) is 25.3 Å². The number of benzene rings is 1. The van der Waals surface area contributed by atoms with Crippen LogP contribution in [0.4, 0.5) is 0 Å². The molecule has 0 saturated carbocycles. The van der Waals surface area contributed by atoms with Crippen LogP contribution in [-0.2, 0) is 25.5 Å². The van der Waals surface area contributed by atoms with Gasteiger partial charge in [-0.2, -0.15) is 0 Å². The number of nitrogens with zero attached hydrogens (tertiary/aromatic N) is 3. The van der Waals surface area contributed by atoms with Gasteiger partial charge in [0.1, 0.15) is 0 Å². The van der Waals surface area contributed by atoms with Gasteiger partial charge in [-0.25, -0.2) is 0 Å². The number of aromatic nitrogens is 1. The van der Waals surface area contributed by atoms with Gasteiger partial charge >= 0.3 is 5.97 Å². The van der Waals surface area contributed by atoms with Gasteiger partial charge in [-0.1, -0.05) is 12.1 Å². The fourth-order valence-electron chi connectivity index (χ4n) is 3.65. The van der Waals surface area contributed by atoms with E-state index in [1.165, 1.54) is 4.90 Å². The van der Waals surface area contributed by atoms with E-state index in [2.05, 4.69) is 0 Å². The average Bonchev–Trinajstić information content (AvgIpc) is 3.29. The molecule has 2 aromatic rings. The highest BCUT2D eigenvalue weighted by molar-refractivity contribution is 5.86. The third-order valence-electron chi connectivity index (χ3n) is 5.39. The lowest BCUT2D eigenvalue weighted by molar-refractivity contribution is -0.152. The van der Waals surface area contributed by atoms with Gasteiger partial charge in [0.15, 0.2) is 0 Å². The highest BCUT2D eigenvalue weighted by Crippen LogP contribution is 2.18. The zero-order chi connectivity index (χ0) is 21.5. The number of esters is 1. The number of amides is 2. The first-order valence-corrected chi connectivity index (χ1v) is 10.4. The number of ether oxygens (including phenoxy) is 1. The molecule has 1 saturated heterocycles. The summed E-state index contributed by atoms with van der Waals surface area (Å²) in [5.74, 6) is -0.774. The molecule has 1 aliphatic rings. The molecule has 2 heterocycles. The summed E-state index contributed by atoms with van der Waals surface area (Å²) in [6.45, 7) is 3.10. The van der Waals surface area contributed by atoms with Gasteiger partial charge in [-0.3, -0.25) is 14.4 Å². The van der Waals surface area contributed by atoms with Crippen LogP contribution in [0.25, 0.3) is 5.69 Å². The average molecular weight is 412 g/mol. The Bertz CT molecular complexity index is 861. The van der Waals surface area contributed by atoms with E-state index in [1.807, 2.05) is 53.4 Å². The summed E-state index contributed by atoms with van der Waals surface area (Å²) in [7, 11) is 1.64. The molecule has 2 amide bonds. The highest BCUT2D eigenvalue weighted by atomic mass is 16.5. The first-order valence-electron chi connectivity index (χ1n) is 10.4. The minimum absolute atomic E-state index is 0.00975. The zero-order valence-electron chi connectivity index (χ0n) is 17.6. The Balaban J connectivity index is 1.51. The van der Waals surface area contributed by atoms with Crippen molar-refractivity contribution in [3.63, 3.8) is 0 Å². The van der Waals surface area contributed by atoms with Crippen molar-refractivity contribution in [2.75, 3.05) is 33.3 Å². The molecule has 0 radical (unpaired) electrons. The van der Waals surface area contributed by atoms with Crippen molar-refractivity contribution in [3.05, 3.63) is 54.4 Å². The van der Waals surface area contributed by atoms with Crippen LogP contribution in [0.2, 0.25) is 0 Å². The summed E-state index contributed by atoms with van der Waals surface area (Å²) < 4.78 is 7.08. The molecule has 1 aliphatic heterocycles. The maximum absolute atomic E-state index is 12.6. The smallest absolute Gasteiger partial charge is 0.310 e. The van der Waals surface area contributed by atoms with Crippen molar-refractivity contribution in [1.82, 2.24) is 14.4 Å². The van der Waals surface area contributed by atoms with Gasteiger partial charge in [0.05, 0.1) is 25.5 Å². The molecule has 1 fully saturated rings. The lowest BCUT2D eigenvalue weighted by Crippen LogP contribution is -2.47. The third-order valence-corrected chi connectivity index (χ3v) is 5.39. The van der Waals surface area contributed by atoms with Crippen LogP contribution in [0, 0.1) is 5.92 Å². The fourth-order valence-corrected chi connectivity index (χ4v) is 3.65. The summed E-state index contributed by atoms with van der Waals surface area (Å²) in [6.07, 6.45) is 5.66. The summed E-state index contributed by atoms with van der Waals surface area (Å²) in [4.78, 5) is 40.3. The van der Waals surface area contributed by atoms with E-state index in [0.29, 0.717) is 19.7 Å². The summed E-state index contributed by atoms with van der Waals surface area (Å²) in [5, 5.41) is 0. The molecule has 160 valence electrons. The molecule has 7 nitrogen and oxygen atoms in total. The van der Waals surface area contributed by atoms with Gasteiger partial charge in [0.2, 0.25) is 11.8 Å². The van der Waals surface area contributed by atoms with Crippen LogP contribution in [0.15, 0.2) is 48.8 Å². The first kappa shape index (κ1) is 21.6. The Morgan fingerprint density at radius 1 is 1.13 bits per heavy atom. The second kappa shape index (κ2) is 10.1. The van der Waals surface area contributed by atoms with E-state index in [9.17, 15) is 14.4 Å². The molecule has 1 aromatic carbocycles. The van der Waals surface area contributed by atoms with Crippen LogP contribution < -0.4 is 0 Å². The molecule has 7 heteroatoms. The van der Waals surface area contributed by atoms with Gasteiger partial charge in [0.25, 0.3) is 0 Å². The Labute approximate surface area is 177 Å². The Hall–Kier alpha value is -3.09. The minimum Gasteiger partial charge on any atom is -0.466 e. The van der Waals surface area contributed by atoms with Gasteiger partial charge in [-0.05, 0) is 49.6 Å². The lowest BCUT2D eigenvalue weighted by atomic mass is 9.98. The molecule has 30 heavy (non-hydrogen) atoms. The first-order chi connectivity index (χ1) is 14.5. The molecule has 0 N–H and O–H groups in total. The number of hydrogen-bond donors (Lipinski definition) is 0. The number of carbonyl (C=O) groups is 3. The summed E-state index contributed by atoms with van der Waals surface area (Å²) in [6, 6.07) is 11.7. The lowest BCUT2D eigenvalue weighted by Gasteiger charge is -2.32. The van der Waals surface area contributed by atoms with Crippen molar-refractivity contribution < 1.29 is 19.1 Å². The second-order valence-corrected chi connectivity index (χ2v) is 7.61. The van der Waals surface area contributed by atoms with E-state index < -0.39 is 0 Å². The van der Waals surface area contributed by atoms with Gasteiger partial charge < -0.3 is 19.1 Å². The van der Waals surface area contributed by atoms with E-state index in [4.69, 9.17) is 4.74 Å². The number of carbonyl (C=O) groups excluding carboxylic acids is 3. The van der Waals surface area contributed by atoms with Crippen molar-refractivity contribution >= 4 is 17.8 Å². The number of piperidine rings is 1. The number of hydrogen-bond acceptors (Lipinski definition) is 4. The van der Waals surface area contributed by atoms with E-state index in [-0.39, 0.29) is 36.7 Å². The highest BCUT2D eigenvalue weighted by Gasteiger charge is 2.30. The standard InChI is InChI=1S/C23H29N3O4/c1-3-30-23(29)19-7-6-14-26(16-19)22(28)17-24(2)21(27)15-18-8-10-20(11-9-18)25-12-4-5-13-25/h4-5,8-13,19H,3,6-7,14-17H2,1-2H3. The normalized spacial score (nSPS) is 16.2. The van der Waals surface area contributed by atoms with Crippen molar-refractivity contribution in [2.24, 2.45) is 5.92 Å². The van der Waals surface area contributed by atoms with Crippen molar-refractivity contribution in [1.29, 1.82) is 0 Å². The number of rotatable bonds is 7. The summed E-state index contributed by atoms with van der Waals surface area (Å²) >= 11 is 0. The van der Waals surface area contributed by atoms with Gasteiger partial charge in [-0.15, -0.1) is 0 Å². The summed E-state index contributed by atoms with van der Waals surface area (Å²) in [5.41, 5.74) is 1.93. The topological polar surface area (TPSA) is 71.8 Å². The largest absolute Gasteiger partial charge is 0.466 e. The van der Waals surface area contributed by atoms with Crippen LogP contribution in [0.5, 0.6) is 0 Å². The maximum atomic E-state index is 12.6. The van der Waals surface area contributed by atoms with Crippen molar-refractivity contribution in [2.45, 2.75) is 26.2 Å². The Kier molecular flexibility index (Phi) is 7.27. The second-order valence-electron chi connectivity index (χ2n) is 7.61. The number of likely N-dealkylation sites (tertiary alicyclic amines) is 1. The van der Waals surface area contributed by atoms with E-state index in [1.54, 1.807) is 18.9 Å². The third kappa shape index (κ3) is 5.49. The predicted octanol–water partition coefficient (Wildman–Crippen LogP) is 2.28. The van der Waals surface area contributed by atoms with Crippen molar-refractivity contribution in [3.8, 4) is 5.69 Å². The van der Waals surface area contributed by atoms with Gasteiger partial charge in [0, 0.05) is 38.2 Å². The SMILES string of the molecule is CCOC(=O)C1CCCN(C(=O)CN(C)C(=O)Cc2ccc(-n3cccc3)cc2)C1. The van der Waals surface area contributed by atoms with Crippen LogP contribution in [-0.4, -0.2) is 65.4 Å². The molecule has 1 atom stereocenters. The monoisotopic (exact) mass is 411 g/mol. The van der Waals surface area contributed by atoms with E-state index in [0.717, 1.165) is 24.1 Å². The molecule has 0 aliphatic carbocycles. The van der Waals surface area contributed by atoms with E-state index >= 15 is 0 Å². The maximum Gasteiger partial charge on any atom is 0.310 e. The molecule has 1 unspecified atom stereocenters. The molecule has 3 rings (SSSR count). The quantitative estimate of drug-likeness (QED) is 0.656. The molecular weight excluding hydrogens is 382 g/mol. The minimum atomic E-state index is -0.275. The van der Waals surface area contributed by atoms with Crippen LogP contribution >= 0.6 is 0 Å². The zero-order valence-corrected chi connectivity index (χ0v) is 17.6. The molecule has 0 bridgehead atoms. The molecule has 1 aromatic heterocycles. The Morgan fingerprint density at radius 2 is 1.83 bits per heavy atom. The molecular formula is C23H29N3O4. The predicted molar refractivity (Wildman–Crippen MR) is 113 cm³/mol. The number of likely N-dealkylation sites (N-methyl/N-ethyl adjacent to an activating group) is 1. The fraction of sp³-hybridized carbons (Fsp3) is 0.435.